The lowest BCUT2D eigenvalue weighted by atomic mass is 10.1. The van der Waals surface area contributed by atoms with Gasteiger partial charge in [-0.2, -0.15) is 0 Å². The predicted octanol–water partition coefficient (Wildman–Crippen LogP) is 1.68. The van der Waals surface area contributed by atoms with E-state index in [1.54, 1.807) is 0 Å². The van der Waals surface area contributed by atoms with E-state index in [1.807, 2.05) is 18.2 Å². The maximum Gasteiger partial charge on any atom is 0.275 e. The second kappa shape index (κ2) is 8.49. The molecule has 1 atom stereocenters. The Bertz CT molecular complexity index is 637. The van der Waals surface area contributed by atoms with E-state index in [0.717, 1.165) is 13.0 Å². The van der Waals surface area contributed by atoms with Crippen molar-refractivity contribution in [3.8, 4) is 0 Å². The fraction of sp³-hybridized carbons (Fsp3) is 0.350. The highest BCUT2D eigenvalue weighted by atomic mass is 16.2. The van der Waals surface area contributed by atoms with Crippen LogP contribution in [0.25, 0.3) is 0 Å². The minimum atomic E-state index is 0.114. The van der Waals surface area contributed by atoms with E-state index < -0.39 is 0 Å². The number of rotatable bonds is 7. The molecule has 3 heteroatoms. The van der Waals surface area contributed by atoms with Gasteiger partial charge in [0, 0.05) is 12.1 Å². The third-order valence-electron chi connectivity index (χ3n) is 4.03. The van der Waals surface area contributed by atoms with Crippen molar-refractivity contribution in [2.45, 2.75) is 26.8 Å². The predicted molar refractivity (Wildman–Crippen MR) is 94.5 cm³/mol. The smallest absolute Gasteiger partial charge is 0.275 e. The zero-order valence-electron chi connectivity index (χ0n) is 14.4. The summed E-state index contributed by atoms with van der Waals surface area (Å²) in [5.41, 5.74) is 5.14. The van der Waals surface area contributed by atoms with Crippen LogP contribution < -0.4 is 10.2 Å². The minimum absolute atomic E-state index is 0.114. The largest absolute Gasteiger partial charge is 0.351 e. The highest BCUT2D eigenvalue weighted by Gasteiger charge is 2.11. The molecule has 0 aliphatic carbocycles. The van der Waals surface area contributed by atoms with Crippen LogP contribution in [0.2, 0.25) is 0 Å². The summed E-state index contributed by atoms with van der Waals surface area (Å²) in [6, 6.07) is 16.7. The van der Waals surface area contributed by atoms with Crippen LogP contribution in [0.3, 0.4) is 0 Å². The molecular formula is C20H27N2O+. The Kier molecular flexibility index (Phi) is 6.36. The maximum absolute atomic E-state index is 12.0. The zero-order valence-corrected chi connectivity index (χ0v) is 14.4. The van der Waals surface area contributed by atoms with Crippen molar-refractivity contribution >= 4 is 5.91 Å². The number of hydrogen-bond acceptors (Lipinski definition) is 1. The van der Waals surface area contributed by atoms with Crippen LogP contribution in [0.15, 0.2) is 48.5 Å². The summed E-state index contributed by atoms with van der Waals surface area (Å²) in [4.78, 5) is 13.2. The van der Waals surface area contributed by atoms with E-state index in [9.17, 15) is 4.79 Å². The molecule has 0 heterocycles. The molecule has 0 aliphatic rings. The number of quaternary nitrogens is 1. The van der Waals surface area contributed by atoms with Crippen LogP contribution in [0.5, 0.6) is 0 Å². The second-order valence-corrected chi connectivity index (χ2v) is 6.33. The first-order chi connectivity index (χ1) is 11.0. The summed E-state index contributed by atoms with van der Waals surface area (Å²) < 4.78 is 0. The molecule has 2 aromatic rings. The number of likely N-dealkylation sites (N-methyl/N-ethyl adjacent to an activating group) is 1. The van der Waals surface area contributed by atoms with Crippen molar-refractivity contribution in [2.24, 2.45) is 0 Å². The standard InChI is InChI=1S/C20H26N2O/c1-16-9-10-19(17(2)13-16)14-22(3)15-20(23)21-12-11-18-7-5-4-6-8-18/h4-10,13H,11-12,14-15H2,1-3H3,(H,21,23)/p+1. The van der Waals surface area contributed by atoms with Crippen molar-refractivity contribution < 1.29 is 9.69 Å². The average Bonchev–Trinajstić information content (AvgIpc) is 2.51. The SMILES string of the molecule is Cc1ccc(C[NH+](C)CC(=O)NCCc2ccccc2)c(C)c1. The summed E-state index contributed by atoms with van der Waals surface area (Å²) in [6.07, 6.45) is 0.878. The highest BCUT2D eigenvalue weighted by molar-refractivity contribution is 5.76. The van der Waals surface area contributed by atoms with Gasteiger partial charge in [0.15, 0.2) is 6.54 Å². The minimum Gasteiger partial charge on any atom is -0.351 e. The number of aryl methyl sites for hydroxylation is 2. The van der Waals surface area contributed by atoms with Crippen LogP contribution >= 0.6 is 0 Å². The van der Waals surface area contributed by atoms with Crippen LogP contribution in [-0.2, 0) is 17.8 Å². The second-order valence-electron chi connectivity index (χ2n) is 6.33. The molecule has 1 amide bonds. The van der Waals surface area contributed by atoms with Gasteiger partial charge < -0.3 is 10.2 Å². The third-order valence-corrected chi connectivity index (χ3v) is 4.03. The van der Waals surface area contributed by atoms with Crippen molar-refractivity contribution in [3.05, 3.63) is 70.8 Å². The number of amides is 1. The molecule has 0 bridgehead atoms. The Hall–Kier alpha value is -2.13. The molecule has 3 nitrogen and oxygen atoms in total. The van der Waals surface area contributed by atoms with E-state index in [2.05, 4.69) is 56.5 Å². The van der Waals surface area contributed by atoms with Crippen molar-refractivity contribution in [3.63, 3.8) is 0 Å². The first kappa shape index (κ1) is 17.2. The summed E-state index contributed by atoms with van der Waals surface area (Å²) in [7, 11) is 2.07. The Morgan fingerprint density at radius 2 is 1.83 bits per heavy atom. The van der Waals surface area contributed by atoms with Gasteiger partial charge in [-0.1, -0.05) is 54.1 Å². The summed E-state index contributed by atoms with van der Waals surface area (Å²) in [5, 5.41) is 3.01. The van der Waals surface area contributed by atoms with Gasteiger partial charge in [0.2, 0.25) is 0 Å². The topological polar surface area (TPSA) is 33.5 Å². The molecular weight excluding hydrogens is 284 g/mol. The Balaban J connectivity index is 1.74. The molecule has 1 unspecified atom stereocenters. The fourth-order valence-electron chi connectivity index (χ4n) is 2.76. The molecule has 2 rings (SSSR count). The molecule has 122 valence electrons. The zero-order chi connectivity index (χ0) is 16.7. The van der Waals surface area contributed by atoms with Crippen LogP contribution in [0.1, 0.15) is 22.3 Å². The van der Waals surface area contributed by atoms with Crippen molar-refractivity contribution in [1.82, 2.24) is 5.32 Å². The Morgan fingerprint density at radius 1 is 1.09 bits per heavy atom. The number of carbonyl (C=O) groups excluding carboxylic acids is 1. The van der Waals surface area contributed by atoms with Gasteiger partial charge in [-0.25, -0.2) is 0 Å². The Morgan fingerprint density at radius 3 is 2.52 bits per heavy atom. The maximum atomic E-state index is 12.0. The normalized spacial score (nSPS) is 12.0. The summed E-state index contributed by atoms with van der Waals surface area (Å²) >= 11 is 0. The van der Waals surface area contributed by atoms with Gasteiger partial charge >= 0.3 is 0 Å². The molecule has 2 aromatic carbocycles. The van der Waals surface area contributed by atoms with Crippen molar-refractivity contribution in [2.75, 3.05) is 20.1 Å². The number of hydrogen-bond donors (Lipinski definition) is 2. The average molecular weight is 311 g/mol. The lowest BCUT2D eigenvalue weighted by Crippen LogP contribution is -3.09. The van der Waals surface area contributed by atoms with E-state index >= 15 is 0 Å². The van der Waals surface area contributed by atoms with Crippen molar-refractivity contribution in [1.29, 1.82) is 0 Å². The van der Waals surface area contributed by atoms with Gasteiger partial charge in [0.1, 0.15) is 6.54 Å². The van der Waals surface area contributed by atoms with Gasteiger partial charge in [-0.3, -0.25) is 4.79 Å². The quantitative estimate of drug-likeness (QED) is 0.801. The molecule has 0 spiro atoms. The number of carbonyl (C=O) groups is 1. The first-order valence-electron chi connectivity index (χ1n) is 8.22. The first-order valence-corrected chi connectivity index (χ1v) is 8.22. The molecule has 0 fully saturated rings. The number of benzene rings is 2. The van der Waals surface area contributed by atoms with E-state index in [-0.39, 0.29) is 5.91 Å². The molecule has 23 heavy (non-hydrogen) atoms. The monoisotopic (exact) mass is 311 g/mol. The van der Waals surface area contributed by atoms with Gasteiger partial charge in [0.25, 0.3) is 5.91 Å². The van der Waals surface area contributed by atoms with E-state index in [0.29, 0.717) is 13.1 Å². The summed E-state index contributed by atoms with van der Waals surface area (Å²) in [6.45, 7) is 6.31. The molecule has 2 N–H and O–H groups in total. The van der Waals surface area contributed by atoms with Gasteiger partial charge in [-0.15, -0.1) is 0 Å². The van der Waals surface area contributed by atoms with Crippen LogP contribution in [0, 0.1) is 13.8 Å². The molecule has 0 saturated heterocycles. The van der Waals surface area contributed by atoms with Crippen LogP contribution in [-0.4, -0.2) is 26.0 Å². The fourth-order valence-corrected chi connectivity index (χ4v) is 2.76. The lowest BCUT2D eigenvalue weighted by Gasteiger charge is -2.15. The summed E-state index contributed by atoms with van der Waals surface area (Å²) in [5.74, 6) is 0.114. The lowest BCUT2D eigenvalue weighted by molar-refractivity contribution is -0.885. The third kappa shape index (κ3) is 5.87. The highest BCUT2D eigenvalue weighted by Crippen LogP contribution is 2.08. The van der Waals surface area contributed by atoms with Gasteiger partial charge in [-0.05, 0) is 31.4 Å². The molecule has 0 saturated carbocycles. The molecule has 0 aliphatic heterocycles. The number of nitrogens with one attached hydrogen (secondary N) is 2. The Labute approximate surface area is 139 Å². The molecule has 0 radical (unpaired) electrons. The van der Waals surface area contributed by atoms with E-state index in [1.165, 1.54) is 27.2 Å². The van der Waals surface area contributed by atoms with Crippen LogP contribution in [0.4, 0.5) is 0 Å². The van der Waals surface area contributed by atoms with E-state index in [4.69, 9.17) is 0 Å². The van der Waals surface area contributed by atoms with Gasteiger partial charge in [0.05, 0.1) is 7.05 Å². The molecule has 0 aromatic heterocycles.